The molecule has 0 aliphatic carbocycles. The number of hydrogen-bond acceptors (Lipinski definition) is 4. The summed E-state index contributed by atoms with van der Waals surface area (Å²) >= 11 is 6.02. The van der Waals surface area contributed by atoms with Crippen LogP contribution in [0.4, 0.5) is 0 Å². The first kappa shape index (κ1) is 18.0. The summed E-state index contributed by atoms with van der Waals surface area (Å²) in [5.41, 5.74) is 0.473. The van der Waals surface area contributed by atoms with Crippen LogP contribution in [0.2, 0.25) is 5.02 Å². The molecule has 2 atom stereocenters. The van der Waals surface area contributed by atoms with E-state index >= 15 is 0 Å². The minimum Gasteiger partial charge on any atom is -0.496 e. The Morgan fingerprint density at radius 1 is 1.43 bits per heavy atom. The minimum atomic E-state index is -0.0931. The number of methoxy groups -OCH3 is 1. The van der Waals surface area contributed by atoms with E-state index in [0.717, 1.165) is 13.1 Å². The monoisotopic (exact) mass is 340 g/mol. The number of aliphatic hydroxyl groups excluding tert-OH is 1. The lowest BCUT2D eigenvalue weighted by atomic mass is 9.96. The van der Waals surface area contributed by atoms with Crippen molar-refractivity contribution in [3.8, 4) is 5.75 Å². The summed E-state index contributed by atoms with van der Waals surface area (Å²) in [6.45, 7) is 5.22. The summed E-state index contributed by atoms with van der Waals surface area (Å²) in [7, 11) is 3.60. The van der Waals surface area contributed by atoms with Crippen molar-refractivity contribution in [1.82, 2.24) is 9.80 Å². The van der Waals surface area contributed by atoms with Crippen LogP contribution in [0, 0.1) is 11.8 Å². The van der Waals surface area contributed by atoms with Crippen LogP contribution in [0.5, 0.6) is 5.75 Å². The molecule has 1 aromatic rings. The topological polar surface area (TPSA) is 53.0 Å². The Labute approximate surface area is 142 Å². The number of benzene rings is 1. The summed E-state index contributed by atoms with van der Waals surface area (Å²) in [6, 6.07) is 5.05. The average molecular weight is 341 g/mol. The Morgan fingerprint density at radius 3 is 2.74 bits per heavy atom. The van der Waals surface area contributed by atoms with Gasteiger partial charge in [0.15, 0.2) is 0 Å². The van der Waals surface area contributed by atoms with Crippen LogP contribution in [-0.2, 0) is 0 Å². The zero-order valence-corrected chi connectivity index (χ0v) is 14.7. The Balaban J connectivity index is 2.16. The van der Waals surface area contributed by atoms with Gasteiger partial charge in [0.25, 0.3) is 5.91 Å². The molecule has 1 saturated heterocycles. The van der Waals surface area contributed by atoms with Crippen LogP contribution in [0.25, 0.3) is 0 Å². The summed E-state index contributed by atoms with van der Waals surface area (Å²) < 4.78 is 5.28. The van der Waals surface area contributed by atoms with Crippen LogP contribution in [0.15, 0.2) is 18.2 Å². The smallest absolute Gasteiger partial charge is 0.257 e. The Morgan fingerprint density at radius 2 is 2.13 bits per heavy atom. The molecule has 0 unspecified atom stereocenters. The highest BCUT2D eigenvalue weighted by Gasteiger charge is 2.36. The Kier molecular flexibility index (Phi) is 6.27. The molecule has 128 valence electrons. The first-order chi connectivity index (χ1) is 11.0. The number of hydrogen-bond donors (Lipinski definition) is 1. The number of rotatable bonds is 6. The zero-order valence-electron chi connectivity index (χ0n) is 14.0. The van der Waals surface area contributed by atoms with E-state index < -0.39 is 0 Å². The van der Waals surface area contributed by atoms with Crippen molar-refractivity contribution < 1.29 is 14.6 Å². The molecule has 0 spiro atoms. The number of nitrogens with zero attached hydrogens (tertiary/aromatic N) is 2. The molecule has 1 N–H and O–H groups in total. The van der Waals surface area contributed by atoms with Gasteiger partial charge in [-0.2, -0.15) is 0 Å². The molecule has 0 aromatic heterocycles. The molecule has 2 rings (SSSR count). The van der Waals surface area contributed by atoms with Gasteiger partial charge < -0.3 is 19.6 Å². The molecule has 0 bridgehead atoms. The number of halogens is 1. The van der Waals surface area contributed by atoms with Crippen LogP contribution >= 0.6 is 11.6 Å². The summed E-state index contributed by atoms with van der Waals surface area (Å²) in [4.78, 5) is 16.8. The number of ether oxygens (including phenoxy) is 1. The van der Waals surface area contributed by atoms with Crippen LogP contribution < -0.4 is 4.74 Å². The molecule has 1 aliphatic heterocycles. The lowest BCUT2D eigenvalue weighted by Crippen LogP contribution is -2.32. The fraction of sp³-hybridized carbons (Fsp3) is 0.588. The van der Waals surface area contributed by atoms with Gasteiger partial charge in [-0.15, -0.1) is 0 Å². The number of amides is 1. The molecule has 1 amide bonds. The van der Waals surface area contributed by atoms with E-state index in [-0.39, 0.29) is 24.3 Å². The van der Waals surface area contributed by atoms with Crippen molar-refractivity contribution >= 4 is 17.5 Å². The molecule has 0 saturated carbocycles. The Bertz CT molecular complexity index is 553. The van der Waals surface area contributed by atoms with Crippen molar-refractivity contribution in [2.24, 2.45) is 11.8 Å². The van der Waals surface area contributed by atoms with Crippen LogP contribution in [0.3, 0.4) is 0 Å². The van der Waals surface area contributed by atoms with E-state index in [1.807, 2.05) is 0 Å². The first-order valence-corrected chi connectivity index (χ1v) is 8.30. The second kappa shape index (κ2) is 7.99. The predicted molar refractivity (Wildman–Crippen MR) is 91.1 cm³/mol. The van der Waals surface area contributed by atoms with Gasteiger partial charge >= 0.3 is 0 Å². The molecule has 5 nitrogen and oxygen atoms in total. The number of carbonyl (C=O) groups is 1. The fourth-order valence-electron chi connectivity index (χ4n) is 3.07. The van der Waals surface area contributed by atoms with E-state index in [2.05, 4.69) is 18.9 Å². The molecule has 6 heteroatoms. The summed E-state index contributed by atoms with van der Waals surface area (Å²) in [5.74, 6) is 0.815. The third kappa shape index (κ3) is 4.16. The van der Waals surface area contributed by atoms with Gasteiger partial charge in [0.05, 0.1) is 12.7 Å². The van der Waals surface area contributed by atoms with Crippen molar-refractivity contribution in [3.05, 3.63) is 28.8 Å². The number of carbonyl (C=O) groups excluding carboxylic acids is 1. The van der Waals surface area contributed by atoms with Gasteiger partial charge in [0, 0.05) is 37.2 Å². The maximum absolute atomic E-state index is 12.8. The molecule has 1 fully saturated rings. The summed E-state index contributed by atoms with van der Waals surface area (Å²) in [5, 5.41) is 10.1. The normalized spacial score (nSPS) is 21.0. The van der Waals surface area contributed by atoms with Crippen molar-refractivity contribution in [2.75, 3.05) is 46.9 Å². The SMILES string of the molecule is CCN(C)C[C@@H]1CN(C(=O)c2cc(Cl)ccc2OC)C[C@@H]1CO. The van der Waals surface area contributed by atoms with Gasteiger partial charge in [-0.05, 0) is 37.7 Å². The summed E-state index contributed by atoms with van der Waals surface area (Å²) in [6.07, 6.45) is 0. The van der Waals surface area contributed by atoms with Crippen molar-refractivity contribution in [1.29, 1.82) is 0 Å². The third-order valence-electron chi connectivity index (χ3n) is 4.58. The highest BCUT2D eigenvalue weighted by atomic mass is 35.5. The predicted octanol–water partition coefficient (Wildman–Crippen LogP) is 1.98. The number of aliphatic hydroxyl groups is 1. The van der Waals surface area contributed by atoms with Crippen LogP contribution in [0.1, 0.15) is 17.3 Å². The van der Waals surface area contributed by atoms with E-state index in [9.17, 15) is 9.90 Å². The Hall–Kier alpha value is -1.30. The second-order valence-electron chi connectivity index (χ2n) is 6.11. The fourth-order valence-corrected chi connectivity index (χ4v) is 3.24. The highest BCUT2D eigenvalue weighted by molar-refractivity contribution is 6.31. The second-order valence-corrected chi connectivity index (χ2v) is 6.55. The zero-order chi connectivity index (χ0) is 17.0. The molecule has 1 aromatic carbocycles. The van der Waals surface area contributed by atoms with Crippen molar-refractivity contribution in [2.45, 2.75) is 6.92 Å². The average Bonchev–Trinajstić information content (AvgIpc) is 2.96. The largest absolute Gasteiger partial charge is 0.496 e. The third-order valence-corrected chi connectivity index (χ3v) is 4.81. The lowest BCUT2D eigenvalue weighted by Gasteiger charge is -2.22. The molecular formula is C17H25ClN2O3. The van der Waals surface area contributed by atoms with Gasteiger partial charge in [-0.1, -0.05) is 18.5 Å². The van der Waals surface area contributed by atoms with E-state index in [1.54, 1.807) is 30.2 Å². The number of likely N-dealkylation sites (tertiary alicyclic amines) is 1. The molecule has 1 aliphatic rings. The van der Waals surface area contributed by atoms with Gasteiger partial charge in [-0.25, -0.2) is 0 Å². The molecule has 1 heterocycles. The maximum Gasteiger partial charge on any atom is 0.257 e. The molecule has 23 heavy (non-hydrogen) atoms. The van der Waals surface area contributed by atoms with Gasteiger partial charge in [0.1, 0.15) is 5.75 Å². The maximum atomic E-state index is 12.8. The lowest BCUT2D eigenvalue weighted by molar-refractivity contribution is 0.0776. The quantitative estimate of drug-likeness (QED) is 0.860. The van der Waals surface area contributed by atoms with Crippen LogP contribution in [-0.4, -0.2) is 67.8 Å². The minimum absolute atomic E-state index is 0.0931. The van der Waals surface area contributed by atoms with Gasteiger partial charge in [0.2, 0.25) is 0 Å². The van der Waals surface area contributed by atoms with E-state index in [0.29, 0.717) is 29.4 Å². The van der Waals surface area contributed by atoms with E-state index in [4.69, 9.17) is 16.3 Å². The first-order valence-electron chi connectivity index (χ1n) is 7.92. The highest BCUT2D eigenvalue weighted by Crippen LogP contribution is 2.29. The molecule has 0 radical (unpaired) electrons. The van der Waals surface area contributed by atoms with E-state index in [1.165, 1.54) is 0 Å². The molecular weight excluding hydrogens is 316 g/mol. The standard InChI is InChI=1S/C17H25ClN2O3/c1-4-19(2)8-12-9-20(10-13(12)11-21)17(22)15-7-14(18)5-6-16(15)23-3/h5-7,12-13,21H,4,8-11H2,1-3H3/t12-,13-/m1/s1. The van der Waals surface area contributed by atoms with Crippen molar-refractivity contribution in [3.63, 3.8) is 0 Å². The van der Waals surface area contributed by atoms with Gasteiger partial charge in [-0.3, -0.25) is 4.79 Å².